The van der Waals surface area contributed by atoms with Gasteiger partial charge in [-0.05, 0) is 5.56 Å². The summed E-state index contributed by atoms with van der Waals surface area (Å²) in [5.41, 5.74) is 3.30. The summed E-state index contributed by atoms with van der Waals surface area (Å²) >= 11 is 1.15. The van der Waals surface area contributed by atoms with Crippen LogP contribution >= 0.6 is 11.3 Å². The van der Waals surface area contributed by atoms with E-state index in [9.17, 15) is 9.59 Å². The van der Waals surface area contributed by atoms with Crippen molar-refractivity contribution in [2.45, 2.75) is 13.3 Å². The Labute approximate surface area is 125 Å². The van der Waals surface area contributed by atoms with Gasteiger partial charge in [-0.1, -0.05) is 41.7 Å². The molecule has 0 aliphatic carbocycles. The molecular weight excluding hydrogens is 290 g/mol. The zero-order valence-electron chi connectivity index (χ0n) is 11.2. The Hall–Kier alpha value is -2.61. The van der Waals surface area contributed by atoms with E-state index in [1.807, 2.05) is 30.3 Å². The molecule has 1 heterocycles. The maximum Gasteiger partial charge on any atom is 0.247 e. The summed E-state index contributed by atoms with van der Waals surface area (Å²) in [6.07, 6.45) is 1.62. The van der Waals surface area contributed by atoms with Crippen LogP contribution in [0.1, 0.15) is 17.5 Å². The Balaban J connectivity index is 1.83. The second-order valence-corrected chi connectivity index (χ2v) is 5.12. The van der Waals surface area contributed by atoms with Crippen molar-refractivity contribution in [2.75, 3.05) is 5.32 Å². The van der Waals surface area contributed by atoms with Crippen molar-refractivity contribution < 1.29 is 9.59 Å². The first-order valence-electron chi connectivity index (χ1n) is 6.10. The van der Waals surface area contributed by atoms with Crippen LogP contribution in [0.2, 0.25) is 0 Å². The quantitative estimate of drug-likeness (QED) is 0.640. The molecule has 0 saturated heterocycles. The topological polar surface area (TPSA) is 96.3 Å². The molecule has 7 nitrogen and oxygen atoms in total. The van der Waals surface area contributed by atoms with E-state index in [0.717, 1.165) is 16.9 Å². The predicted octanol–water partition coefficient (Wildman–Crippen LogP) is 1.19. The SMILES string of the molecule is CC(=O)Nc1nnc(CC(=O)NN=Cc2ccccc2)s1. The first-order chi connectivity index (χ1) is 10.1. The van der Waals surface area contributed by atoms with Gasteiger partial charge in [-0.2, -0.15) is 5.10 Å². The summed E-state index contributed by atoms with van der Waals surface area (Å²) in [5, 5.41) is 14.8. The third-order valence-electron chi connectivity index (χ3n) is 2.26. The number of nitrogens with one attached hydrogen (secondary N) is 2. The summed E-state index contributed by atoms with van der Waals surface area (Å²) in [4.78, 5) is 22.5. The number of anilines is 1. The summed E-state index contributed by atoms with van der Waals surface area (Å²) < 4.78 is 0. The van der Waals surface area contributed by atoms with Crippen molar-refractivity contribution in [3.63, 3.8) is 0 Å². The molecule has 2 N–H and O–H groups in total. The number of nitrogens with zero attached hydrogens (tertiary/aromatic N) is 3. The fourth-order valence-corrected chi connectivity index (χ4v) is 2.21. The van der Waals surface area contributed by atoms with E-state index >= 15 is 0 Å². The molecule has 0 atom stereocenters. The zero-order valence-corrected chi connectivity index (χ0v) is 12.1. The van der Waals surface area contributed by atoms with E-state index in [4.69, 9.17) is 0 Å². The Morgan fingerprint density at radius 1 is 1.29 bits per heavy atom. The lowest BCUT2D eigenvalue weighted by Gasteiger charge is -1.96. The molecule has 0 unspecified atom stereocenters. The molecule has 0 fully saturated rings. The maximum atomic E-state index is 11.7. The minimum Gasteiger partial charge on any atom is -0.301 e. The van der Waals surface area contributed by atoms with Crippen molar-refractivity contribution in [3.8, 4) is 0 Å². The summed E-state index contributed by atoms with van der Waals surface area (Å²) in [6, 6.07) is 9.42. The molecule has 0 aliphatic heterocycles. The van der Waals surface area contributed by atoms with Gasteiger partial charge in [0.2, 0.25) is 16.9 Å². The molecule has 1 aromatic carbocycles. The molecular formula is C13H13N5O2S. The summed E-state index contributed by atoms with van der Waals surface area (Å²) in [7, 11) is 0. The highest BCUT2D eigenvalue weighted by Gasteiger charge is 2.09. The molecule has 2 rings (SSSR count). The van der Waals surface area contributed by atoms with Crippen LogP contribution in [-0.2, 0) is 16.0 Å². The number of rotatable bonds is 5. The van der Waals surface area contributed by atoms with E-state index in [1.54, 1.807) is 6.21 Å². The van der Waals surface area contributed by atoms with Gasteiger partial charge in [-0.3, -0.25) is 9.59 Å². The van der Waals surface area contributed by atoms with Crippen molar-refractivity contribution >= 4 is 34.5 Å². The third kappa shape index (κ3) is 5.11. The minimum atomic E-state index is -0.298. The number of benzene rings is 1. The van der Waals surface area contributed by atoms with Gasteiger partial charge in [0.15, 0.2) is 0 Å². The van der Waals surface area contributed by atoms with E-state index in [0.29, 0.717) is 10.1 Å². The number of hydrogen-bond acceptors (Lipinski definition) is 6. The minimum absolute atomic E-state index is 0.0589. The highest BCUT2D eigenvalue weighted by atomic mass is 32.1. The lowest BCUT2D eigenvalue weighted by Crippen LogP contribution is -2.19. The molecule has 2 amide bonds. The predicted molar refractivity (Wildman–Crippen MR) is 80.1 cm³/mol. The Morgan fingerprint density at radius 3 is 2.76 bits per heavy atom. The Morgan fingerprint density at radius 2 is 2.05 bits per heavy atom. The largest absolute Gasteiger partial charge is 0.301 e. The van der Waals surface area contributed by atoms with Crippen molar-refractivity contribution in [3.05, 3.63) is 40.9 Å². The van der Waals surface area contributed by atoms with Gasteiger partial charge < -0.3 is 5.32 Å². The molecule has 1 aromatic heterocycles. The van der Waals surface area contributed by atoms with Crippen LogP contribution < -0.4 is 10.7 Å². The third-order valence-corrected chi connectivity index (χ3v) is 3.10. The van der Waals surface area contributed by atoms with E-state index in [2.05, 4.69) is 26.0 Å². The molecule has 8 heteroatoms. The molecule has 0 aliphatic rings. The van der Waals surface area contributed by atoms with Gasteiger partial charge in [0.25, 0.3) is 0 Å². The maximum absolute atomic E-state index is 11.7. The van der Waals surface area contributed by atoms with Gasteiger partial charge >= 0.3 is 0 Å². The van der Waals surface area contributed by atoms with Gasteiger partial charge in [-0.25, -0.2) is 5.43 Å². The smallest absolute Gasteiger partial charge is 0.247 e. The van der Waals surface area contributed by atoms with E-state index in [1.165, 1.54) is 6.92 Å². The van der Waals surface area contributed by atoms with Gasteiger partial charge in [0, 0.05) is 6.92 Å². The molecule has 21 heavy (non-hydrogen) atoms. The van der Waals surface area contributed by atoms with Crippen LogP contribution in [0.15, 0.2) is 35.4 Å². The standard InChI is InChI=1S/C13H13N5O2S/c1-9(19)15-13-18-17-12(21-13)7-11(20)16-14-8-10-5-3-2-4-6-10/h2-6,8H,7H2,1H3,(H,16,20)(H,15,18,19). The Kier molecular flexibility index (Phi) is 5.10. The normalized spacial score (nSPS) is 10.5. The average molecular weight is 303 g/mol. The lowest BCUT2D eigenvalue weighted by atomic mass is 10.2. The van der Waals surface area contributed by atoms with E-state index in [-0.39, 0.29) is 18.2 Å². The Bertz CT molecular complexity index is 654. The van der Waals surface area contributed by atoms with Gasteiger partial charge in [-0.15, -0.1) is 10.2 Å². The number of carbonyl (C=O) groups is 2. The number of aromatic nitrogens is 2. The van der Waals surface area contributed by atoms with Crippen LogP contribution in [0.25, 0.3) is 0 Å². The van der Waals surface area contributed by atoms with Crippen LogP contribution in [-0.4, -0.2) is 28.2 Å². The number of carbonyl (C=O) groups excluding carboxylic acids is 2. The molecule has 108 valence electrons. The highest BCUT2D eigenvalue weighted by molar-refractivity contribution is 7.15. The first kappa shape index (κ1) is 14.8. The molecule has 0 spiro atoms. The second kappa shape index (κ2) is 7.25. The van der Waals surface area contributed by atoms with Crippen molar-refractivity contribution in [1.82, 2.24) is 15.6 Å². The highest BCUT2D eigenvalue weighted by Crippen LogP contribution is 2.15. The van der Waals surface area contributed by atoms with Crippen LogP contribution in [0.3, 0.4) is 0 Å². The lowest BCUT2D eigenvalue weighted by molar-refractivity contribution is -0.120. The number of hydrogen-bond donors (Lipinski definition) is 2. The average Bonchev–Trinajstić information content (AvgIpc) is 2.86. The van der Waals surface area contributed by atoms with Crippen LogP contribution in [0.5, 0.6) is 0 Å². The molecule has 0 radical (unpaired) electrons. The first-order valence-corrected chi connectivity index (χ1v) is 6.92. The summed E-state index contributed by atoms with van der Waals surface area (Å²) in [6.45, 7) is 1.38. The monoisotopic (exact) mass is 303 g/mol. The molecule has 2 aromatic rings. The second-order valence-electron chi connectivity index (χ2n) is 4.06. The summed E-state index contributed by atoms with van der Waals surface area (Å²) in [5.74, 6) is -0.526. The van der Waals surface area contributed by atoms with Gasteiger partial charge in [0.1, 0.15) is 5.01 Å². The van der Waals surface area contributed by atoms with Crippen LogP contribution in [0, 0.1) is 0 Å². The van der Waals surface area contributed by atoms with Crippen molar-refractivity contribution in [1.29, 1.82) is 0 Å². The fourth-order valence-electron chi connectivity index (χ4n) is 1.42. The molecule has 0 saturated carbocycles. The molecule has 0 bridgehead atoms. The van der Waals surface area contributed by atoms with Crippen molar-refractivity contribution in [2.24, 2.45) is 5.10 Å². The fraction of sp³-hybridized carbons (Fsp3) is 0.154. The number of hydrazone groups is 1. The zero-order chi connectivity index (χ0) is 15.1. The van der Waals surface area contributed by atoms with Gasteiger partial charge in [0.05, 0.1) is 12.6 Å². The van der Waals surface area contributed by atoms with Crippen LogP contribution in [0.4, 0.5) is 5.13 Å². The number of amides is 2. The van der Waals surface area contributed by atoms with E-state index < -0.39 is 0 Å².